The van der Waals surface area contributed by atoms with Crippen LogP contribution in [-0.4, -0.2) is 34.6 Å². The van der Waals surface area contributed by atoms with Gasteiger partial charge in [0.05, 0.1) is 12.0 Å². The topological polar surface area (TPSA) is 75.8 Å². The van der Waals surface area contributed by atoms with Crippen molar-refractivity contribution in [2.24, 2.45) is 5.92 Å². The maximum absolute atomic E-state index is 11.1. The van der Waals surface area contributed by atoms with Crippen molar-refractivity contribution < 1.29 is 14.8 Å². The van der Waals surface area contributed by atoms with Crippen LogP contribution in [0.2, 0.25) is 0 Å². The highest BCUT2D eigenvalue weighted by atomic mass is 16.6. The number of benzene rings is 1. The van der Waals surface area contributed by atoms with E-state index in [-0.39, 0.29) is 11.4 Å². The van der Waals surface area contributed by atoms with Gasteiger partial charge in [-0.05, 0) is 49.8 Å². The number of aromatic hydroxyl groups is 1. The molecule has 2 fully saturated rings. The number of fused-ring (bicyclic) bond motifs is 1. The molecule has 0 aromatic heterocycles. The van der Waals surface area contributed by atoms with Gasteiger partial charge in [0.15, 0.2) is 5.75 Å². The maximum Gasteiger partial charge on any atom is 0.314 e. The fraction of sp³-hybridized carbons (Fsp3) is 0.647. The second-order valence-electron chi connectivity index (χ2n) is 6.65. The summed E-state index contributed by atoms with van der Waals surface area (Å²) < 4.78 is 5.10. The van der Waals surface area contributed by atoms with Gasteiger partial charge in [0.2, 0.25) is 5.75 Å². The number of piperidine rings is 1. The van der Waals surface area contributed by atoms with Crippen LogP contribution in [0, 0.1) is 16.0 Å². The molecule has 0 unspecified atom stereocenters. The normalized spacial score (nSPS) is 24.9. The molecular formula is C17H24N2O4. The summed E-state index contributed by atoms with van der Waals surface area (Å²) in [6.07, 6.45) is 7.63. The Kier molecular flexibility index (Phi) is 4.71. The molecule has 1 N–H and O–H groups in total. The Hall–Kier alpha value is -1.82. The second-order valence-corrected chi connectivity index (χ2v) is 6.65. The number of nitrogens with zero attached hydrogens (tertiary/aromatic N) is 2. The van der Waals surface area contributed by atoms with E-state index >= 15 is 0 Å². The first-order valence-electron chi connectivity index (χ1n) is 8.38. The lowest BCUT2D eigenvalue weighted by atomic mass is 9.78. The highest BCUT2D eigenvalue weighted by molar-refractivity contribution is 5.57. The van der Waals surface area contributed by atoms with E-state index in [0.29, 0.717) is 12.6 Å². The zero-order valence-corrected chi connectivity index (χ0v) is 13.5. The van der Waals surface area contributed by atoms with Gasteiger partial charge in [-0.2, -0.15) is 0 Å². The zero-order valence-electron chi connectivity index (χ0n) is 13.5. The number of nitro benzene ring substituents is 1. The molecule has 6 heteroatoms. The number of likely N-dealkylation sites (tertiary alicyclic amines) is 1. The third kappa shape index (κ3) is 3.27. The highest BCUT2D eigenvalue weighted by Gasteiger charge is 2.33. The number of phenols is 1. The molecule has 1 aromatic carbocycles. The van der Waals surface area contributed by atoms with E-state index < -0.39 is 10.7 Å². The van der Waals surface area contributed by atoms with Crippen LogP contribution in [0.1, 0.15) is 44.1 Å². The molecule has 2 aliphatic rings. The SMILES string of the molecule is COc1cc(CN2CCC[C@@H]3CCCC[C@H]32)cc([N+](=O)[O-])c1O. The first kappa shape index (κ1) is 16.1. The van der Waals surface area contributed by atoms with Crippen molar-refractivity contribution in [3.63, 3.8) is 0 Å². The molecule has 2 atom stereocenters. The molecule has 1 aromatic rings. The summed E-state index contributed by atoms with van der Waals surface area (Å²) in [6, 6.07) is 3.79. The fourth-order valence-corrected chi connectivity index (χ4v) is 4.19. The van der Waals surface area contributed by atoms with Gasteiger partial charge < -0.3 is 9.84 Å². The van der Waals surface area contributed by atoms with Gasteiger partial charge >= 0.3 is 5.69 Å². The standard InChI is InChI=1S/C17H24N2O4/c1-23-16-10-12(9-15(17(16)20)19(21)22)11-18-8-4-6-13-5-2-3-7-14(13)18/h9-10,13-14,20H,2-8,11H2,1H3/t13-,14+/m0/s1. The largest absolute Gasteiger partial charge is 0.500 e. The van der Waals surface area contributed by atoms with Crippen LogP contribution in [-0.2, 0) is 6.54 Å². The molecule has 0 amide bonds. The molecule has 6 nitrogen and oxygen atoms in total. The van der Waals surface area contributed by atoms with Gasteiger partial charge in [0.25, 0.3) is 0 Å². The third-order valence-electron chi connectivity index (χ3n) is 5.28. The fourth-order valence-electron chi connectivity index (χ4n) is 4.19. The summed E-state index contributed by atoms with van der Waals surface area (Å²) in [5, 5.41) is 21.0. The molecule has 1 aliphatic heterocycles. The summed E-state index contributed by atoms with van der Waals surface area (Å²) in [4.78, 5) is 13.0. The molecule has 126 valence electrons. The van der Waals surface area contributed by atoms with Crippen molar-refractivity contribution in [1.29, 1.82) is 0 Å². The molecule has 1 saturated heterocycles. The lowest BCUT2D eigenvalue weighted by molar-refractivity contribution is -0.386. The van der Waals surface area contributed by atoms with Gasteiger partial charge in [-0.1, -0.05) is 12.8 Å². The minimum absolute atomic E-state index is 0.173. The van der Waals surface area contributed by atoms with E-state index in [9.17, 15) is 15.2 Å². The molecule has 0 bridgehead atoms. The van der Waals surface area contributed by atoms with Crippen LogP contribution in [0.4, 0.5) is 5.69 Å². The van der Waals surface area contributed by atoms with Crippen LogP contribution >= 0.6 is 0 Å². The third-order valence-corrected chi connectivity index (χ3v) is 5.28. The Morgan fingerprint density at radius 1 is 1.30 bits per heavy atom. The Morgan fingerprint density at radius 3 is 2.78 bits per heavy atom. The minimum Gasteiger partial charge on any atom is -0.500 e. The Morgan fingerprint density at radius 2 is 2.04 bits per heavy atom. The van der Waals surface area contributed by atoms with E-state index in [1.54, 1.807) is 6.07 Å². The average molecular weight is 320 g/mol. The number of methoxy groups -OCH3 is 1. The van der Waals surface area contributed by atoms with E-state index in [4.69, 9.17) is 4.74 Å². The first-order chi connectivity index (χ1) is 11.1. The molecule has 3 rings (SSSR count). The van der Waals surface area contributed by atoms with Crippen molar-refractivity contribution >= 4 is 5.69 Å². The first-order valence-corrected chi connectivity index (χ1v) is 8.38. The number of ether oxygens (including phenoxy) is 1. The average Bonchev–Trinajstić information content (AvgIpc) is 2.56. The quantitative estimate of drug-likeness (QED) is 0.679. The number of phenolic OH excluding ortho intramolecular Hbond substituents is 1. The monoisotopic (exact) mass is 320 g/mol. The van der Waals surface area contributed by atoms with Crippen molar-refractivity contribution in [2.45, 2.75) is 51.1 Å². The Labute approximate surface area is 136 Å². The number of rotatable bonds is 4. The van der Waals surface area contributed by atoms with Crippen LogP contribution in [0.3, 0.4) is 0 Å². The molecule has 23 heavy (non-hydrogen) atoms. The number of hydrogen-bond donors (Lipinski definition) is 1. The predicted octanol–water partition coefficient (Wildman–Crippen LogP) is 3.46. The molecule has 0 spiro atoms. The molecule has 0 radical (unpaired) electrons. The van der Waals surface area contributed by atoms with E-state index in [1.165, 1.54) is 51.7 Å². The molecule has 1 saturated carbocycles. The van der Waals surface area contributed by atoms with Crippen LogP contribution in [0.15, 0.2) is 12.1 Å². The van der Waals surface area contributed by atoms with Gasteiger partial charge in [0.1, 0.15) is 0 Å². The van der Waals surface area contributed by atoms with E-state index in [0.717, 1.165) is 18.0 Å². The number of hydrogen-bond acceptors (Lipinski definition) is 5. The Balaban J connectivity index is 1.84. The minimum atomic E-state index is -0.555. The van der Waals surface area contributed by atoms with Gasteiger partial charge in [-0.25, -0.2) is 0 Å². The van der Waals surface area contributed by atoms with Gasteiger partial charge in [0, 0.05) is 18.7 Å². The van der Waals surface area contributed by atoms with Crippen molar-refractivity contribution in [3.05, 3.63) is 27.8 Å². The Bertz CT molecular complexity index is 588. The lowest BCUT2D eigenvalue weighted by Gasteiger charge is -2.44. The second kappa shape index (κ2) is 6.74. The van der Waals surface area contributed by atoms with Gasteiger partial charge in [-0.15, -0.1) is 0 Å². The van der Waals surface area contributed by atoms with Crippen LogP contribution < -0.4 is 4.74 Å². The summed E-state index contributed by atoms with van der Waals surface area (Å²) in [5.74, 6) is 0.549. The lowest BCUT2D eigenvalue weighted by Crippen LogP contribution is -2.46. The smallest absolute Gasteiger partial charge is 0.314 e. The number of nitro groups is 1. The van der Waals surface area contributed by atoms with Crippen LogP contribution in [0.25, 0.3) is 0 Å². The summed E-state index contributed by atoms with van der Waals surface area (Å²) in [6.45, 7) is 1.72. The van der Waals surface area contributed by atoms with E-state index in [2.05, 4.69) is 4.90 Å². The summed E-state index contributed by atoms with van der Waals surface area (Å²) >= 11 is 0. The summed E-state index contributed by atoms with van der Waals surface area (Å²) in [5.41, 5.74) is 0.550. The van der Waals surface area contributed by atoms with E-state index in [1.807, 2.05) is 0 Å². The molecule has 1 heterocycles. The molecule has 1 aliphatic carbocycles. The van der Waals surface area contributed by atoms with Crippen molar-refractivity contribution in [2.75, 3.05) is 13.7 Å². The zero-order chi connectivity index (χ0) is 16.4. The van der Waals surface area contributed by atoms with Gasteiger partial charge in [-0.3, -0.25) is 15.0 Å². The molecular weight excluding hydrogens is 296 g/mol. The maximum atomic E-state index is 11.1. The summed E-state index contributed by atoms with van der Waals surface area (Å²) in [7, 11) is 1.42. The van der Waals surface area contributed by atoms with Crippen molar-refractivity contribution in [3.8, 4) is 11.5 Å². The van der Waals surface area contributed by atoms with Crippen molar-refractivity contribution in [1.82, 2.24) is 4.90 Å². The van der Waals surface area contributed by atoms with Crippen LogP contribution in [0.5, 0.6) is 11.5 Å². The predicted molar refractivity (Wildman–Crippen MR) is 86.7 cm³/mol. The highest BCUT2D eigenvalue weighted by Crippen LogP contribution is 2.39.